The van der Waals surface area contributed by atoms with Gasteiger partial charge >= 0.3 is 0 Å². The summed E-state index contributed by atoms with van der Waals surface area (Å²) in [5.41, 5.74) is 1.43. The SMILES string of the molecule is CNCc1ccc(N2CCCCC2C(=O)NC)c(F)c1. The average molecular weight is 279 g/mol. The summed E-state index contributed by atoms with van der Waals surface area (Å²) in [6.45, 7) is 1.36. The quantitative estimate of drug-likeness (QED) is 0.881. The maximum Gasteiger partial charge on any atom is 0.242 e. The maximum atomic E-state index is 14.3. The zero-order valence-corrected chi connectivity index (χ0v) is 12.1. The molecule has 110 valence electrons. The molecule has 2 N–H and O–H groups in total. The van der Waals surface area contributed by atoms with E-state index in [1.54, 1.807) is 19.2 Å². The fourth-order valence-corrected chi connectivity index (χ4v) is 2.76. The summed E-state index contributed by atoms with van der Waals surface area (Å²) in [5, 5.41) is 5.67. The molecule has 20 heavy (non-hydrogen) atoms. The Labute approximate surface area is 119 Å². The fourth-order valence-electron chi connectivity index (χ4n) is 2.76. The third-order valence-electron chi connectivity index (χ3n) is 3.75. The van der Waals surface area contributed by atoms with Crippen LogP contribution in [0.25, 0.3) is 0 Å². The lowest BCUT2D eigenvalue weighted by Gasteiger charge is -2.36. The van der Waals surface area contributed by atoms with Crippen LogP contribution in [0.15, 0.2) is 18.2 Å². The summed E-state index contributed by atoms with van der Waals surface area (Å²) in [4.78, 5) is 13.8. The highest BCUT2D eigenvalue weighted by atomic mass is 19.1. The second-order valence-corrected chi connectivity index (χ2v) is 5.14. The van der Waals surface area contributed by atoms with Crippen LogP contribution in [0.2, 0.25) is 0 Å². The number of carbonyl (C=O) groups excluding carboxylic acids is 1. The lowest BCUT2D eigenvalue weighted by atomic mass is 10.00. The molecular formula is C15H22FN3O. The number of anilines is 1. The van der Waals surface area contributed by atoms with E-state index in [2.05, 4.69) is 10.6 Å². The van der Waals surface area contributed by atoms with Crippen LogP contribution in [0.5, 0.6) is 0 Å². The Morgan fingerprint density at radius 1 is 1.40 bits per heavy atom. The van der Waals surface area contributed by atoms with E-state index in [1.165, 1.54) is 0 Å². The minimum atomic E-state index is -0.265. The van der Waals surface area contributed by atoms with Crippen molar-refractivity contribution in [1.82, 2.24) is 10.6 Å². The van der Waals surface area contributed by atoms with Gasteiger partial charge in [-0.15, -0.1) is 0 Å². The summed E-state index contributed by atoms with van der Waals surface area (Å²) in [7, 11) is 3.46. The number of carbonyl (C=O) groups is 1. The molecule has 1 amide bonds. The number of hydrogen-bond acceptors (Lipinski definition) is 3. The maximum absolute atomic E-state index is 14.3. The molecule has 0 bridgehead atoms. The number of amides is 1. The van der Waals surface area contributed by atoms with E-state index in [-0.39, 0.29) is 17.8 Å². The van der Waals surface area contributed by atoms with E-state index in [0.717, 1.165) is 31.4 Å². The topological polar surface area (TPSA) is 44.4 Å². The Morgan fingerprint density at radius 2 is 2.20 bits per heavy atom. The second kappa shape index (κ2) is 6.70. The first kappa shape index (κ1) is 14.8. The van der Waals surface area contributed by atoms with Crippen LogP contribution in [0.1, 0.15) is 24.8 Å². The normalized spacial score (nSPS) is 18.9. The zero-order valence-electron chi connectivity index (χ0n) is 12.1. The van der Waals surface area contributed by atoms with Gasteiger partial charge in [0.15, 0.2) is 0 Å². The van der Waals surface area contributed by atoms with Crippen molar-refractivity contribution >= 4 is 11.6 Å². The molecule has 1 fully saturated rings. The Balaban J connectivity index is 2.25. The third kappa shape index (κ3) is 3.10. The summed E-state index contributed by atoms with van der Waals surface area (Å²) < 4.78 is 14.3. The Kier molecular flexibility index (Phi) is 4.95. The number of nitrogens with one attached hydrogen (secondary N) is 2. The van der Waals surface area contributed by atoms with Gasteiger partial charge < -0.3 is 15.5 Å². The van der Waals surface area contributed by atoms with Crippen molar-refractivity contribution < 1.29 is 9.18 Å². The summed E-state index contributed by atoms with van der Waals surface area (Å²) >= 11 is 0. The van der Waals surface area contributed by atoms with Crippen molar-refractivity contribution in [3.63, 3.8) is 0 Å². The molecule has 1 unspecified atom stereocenters. The van der Waals surface area contributed by atoms with Crippen molar-refractivity contribution in [2.45, 2.75) is 31.8 Å². The highest BCUT2D eigenvalue weighted by molar-refractivity contribution is 5.85. The van der Waals surface area contributed by atoms with Crippen LogP contribution in [-0.4, -0.2) is 32.6 Å². The minimum Gasteiger partial charge on any atom is -0.357 e. The molecule has 1 atom stereocenters. The smallest absolute Gasteiger partial charge is 0.242 e. The van der Waals surface area contributed by atoms with E-state index >= 15 is 0 Å². The number of halogens is 1. The molecule has 2 rings (SSSR count). The Hall–Kier alpha value is -1.62. The molecule has 0 aromatic heterocycles. The van der Waals surface area contributed by atoms with Gasteiger partial charge in [0.05, 0.1) is 5.69 Å². The van der Waals surface area contributed by atoms with Gasteiger partial charge in [-0.25, -0.2) is 4.39 Å². The molecule has 0 saturated carbocycles. The number of benzene rings is 1. The zero-order chi connectivity index (χ0) is 14.5. The predicted octanol–water partition coefficient (Wildman–Crippen LogP) is 1.65. The van der Waals surface area contributed by atoms with E-state index in [1.807, 2.05) is 18.0 Å². The molecule has 1 heterocycles. The molecular weight excluding hydrogens is 257 g/mol. The lowest BCUT2D eigenvalue weighted by Crippen LogP contribution is -2.49. The van der Waals surface area contributed by atoms with Crippen molar-refractivity contribution in [3.05, 3.63) is 29.6 Å². The standard InChI is InChI=1S/C15H22FN3O/c1-17-10-11-6-7-13(12(16)9-11)19-8-4-3-5-14(19)15(20)18-2/h6-7,9,14,17H,3-5,8,10H2,1-2H3,(H,18,20). The summed E-state index contributed by atoms with van der Waals surface area (Å²) in [6.07, 6.45) is 2.77. The van der Waals surface area contributed by atoms with Gasteiger partial charge in [-0.1, -0.05) is 6.07 Å². The van der Waals surface area contributed by atoms with Crippen molar-refractivity contribution in [3.8, 4) is 0 Å². The van der Waals surface area contributed by atoms with Crippen LogP contribution in [0.3, 0.4) is 0 Å². The first-order valence-electron chi connectivity index (χ1n) is 7.08. The largest absolute Gasteiger partial charge is 0.357 e. The molecule has 0 radical (unpaired) electrons. The molecule has 4 nitrogen and oxygen atoms in total. The van der Waals surface area contributed by atoms with E-state index in [0.29, 0.717) is 12.2 Å². The van der Waals surface area contributed by atoms with Crippen LogP contribution < -0.4 is 15.5 Å². The Bertz CT molecular complexity index is 478. The highest BCUT2D eigenvalue weighted by Gasteiger charge is 2.29. The van der Waals surface area contributed by atoms with Crippen molar-refractivity contribution in [2.24, 2.45) is 0 Å². The number of rotatable bonds is 4. The van der Waals surface area contributed by atoms with Crippen LogP contribution in [0.4, 0.5) is 10.1 Å². The van der Waals surface area contributed by atoms with Gasteiger partial charge in [-0.3, -0.25) is 4.79 Å². The van der Waals surface area contributed by atoms with E-state index in [4.69, 9.17) is 0 Å². The second-order valence-electron chi connectivity index (χ2n) is 5.14. The summed E-state index contributed by atoms with van der Waals surface area (Å²) in [6, 6.07) is 4.97. The molecule has 1 aromatic rings. The first-order valence-corrected chi connectivity index (χ1v) is 7.08. The van der Waals surface area contributed by atoms with E-state index in [9.17, 15) is 9.18 Å². The predicted molar refractivity (Wildman–Crippen MR) is 78.2 cm³/mol. The van der Waals surface area contributed by atoms with Gasteiger partial charge in [0, 0.05) is 20.1 Å². The number of nitrogens with zero attached hydrogens (tertiary/aromatic N) is 1. The highest BCUT2D eigenvalue weighted by Crippen LogP contribution is 2.28. The molecule has 1 aliphatic rings. The third-order valence-corrected chi connectivity index (χ3v) is 3.75. The molecule has 1 aromatic carbocycles. The van der Waals surface area contributed by atoms with Crippen LogP contribution >= 0.6 is 0 Å². The molecule has 0 aliphatic carbocycles. The van der Waals surface area contributed by atoms with Crippen molar-refractivity contribution in [1.29, 1.82) is 0 Å². The number of hydrogen-bond donors (Lipinski definition) is 2. The van der Waals surface area contributed by atoms with Gasteiger partial charge in [0.1, 0.15) is 11.9 Å². The number of likely N-dealkylation sites (N-methyl/N-ethyl adjacent to an activating group) is 1. The Morgan fingerprint density at radius 3 is 2.85 bits per heavy atom. The number of piperidine rings is 1. The minimum absolute atomic E-state index is 0.0385. The molecule has 5 heteroatoms. The first-order chi connectivity index (χ1) is 9.67. The van der Waals surface area contributed by atoms with Gasteiger partial charge in [0.2, 0.25) is 5.91 Å². The molecule has 1 saturated heterocycles. The monoisotopic (exact) mass is 279 g/mol. The average Bonchev–Trinajstić information content (AvgIpc) is 2.47. The van der Waals surface area contributed by atoms with Crippen LogP contribution in [0, 0.1) is 5.82 Å². The fraction of sp³-hybridized carbons (Fsp3) is 0.533. The van der Waals surface area contributed by atoms with Crippen LogP contribution in [-0.2, 0) is 11.3 Å². The summed E-state index contributed by atoms with van der Waals surface area (Å²) in [5.74, 6) is -0.294. The van der Waals surface area contributed by atoms with E-state index < -0.39 is 0 Å². The van der Waals surface area contributed by atoms with Crippen molar-refractivity contribution in [2.75, 3.05) is 25.5 Å². The van der Waals surface area contributed by atoms with Gasteiger partial charge in [-0.2, -0.15) is 0 Å². The van der Waals surface area contributed by atoms with Gasteiger partial charge in [-0.05, 0) is 44.0 Å². The lowest BCUT2D eigenvalue weighted by molar-refractivity contribution is -0.122. The molecule has 1 aliphatic heterocycles. The van der Waals surface area contributed by atoms with Gasteiger partial charge in [0.25, 0.3) is 0 Å². The molecule has 0 spiro atoms.